The number of hydrogen-bond acceptors (Lipinski definition) is 5. The van der Waals surface area contributed by atoms with E-state index >= 15 is 0 Å². The van der Waals surface area contributed by atoms with Gasteiger partial charge in [0.1, 0.15) is 6.04 Å². The average molecular weight is 278 g/mol. The van der Waals surface area contributed by atoms with E-state index in [4.69, 9.17) is 9.47 Å². The summed E-state index contributed by atoms with van der Waals surface area (Å²) < 4.78 is 9.96. The lowest BCUT2D eigenvalue weighted by Crippen LogP contribution is -2.48. The number of nitrogens with one attached hydrogen (secondary N) is 2. The van der Waals surface area contributed by atoms with Gasteiger partial charge in [0, 0.05) is 12.2 Å². The van der Waals surface area contributed by atoms with Gasteiger partial charge in [0.25, 0.3) is 0 Å². The van der Waals surface area contributed by atoms with Crippen LogP contribution in [0, 0.1) is 6.92 Å². The van der Waals surface area contributed by atoms with Gasteiger partial charge in [-0.05, 0) is 24.6 Å². The monoisotopic (exact) mass is 278 g/mol. The molecule has 0 spiro atoms. The van der Waals surface area contributed by atoms with Crippen LogP contribution in [0.5, 0.6) is 0 Å². The van der Waals surface area contributed by atoms with E-state index in [1.807, 2.05) is 0 Å². The van der Waals surface area contributed by atoms with Gasteiger partial charge in [0.2, 0.25) is 5.91 Å². The first-order valence-electron chi connectivity index (χ1n) is 6.43. The molecule has 1 aromatic carbocycles. The van der Waals surface area contributed by atoms with E-state index in [0.29, 0.717) is 36.6 Å². The molecule has 2 N–H and O–H groups in total. The minimum absolute atomic E-state index is 0.171. The first-order chi connectivity index (χ1) is 9.63. The number of benzene rings is 1. The van der Waals surface area contributed by atoms with Crippen LogP contribution in [0.1, 0.15) is 15.9 Å². The molecule has 0 aromatic heterocycles. The number of hydrogen-bond donors (Lipinski definition) is 2. The van der Waals surface area contributed by atoms with Crippen LogP contribution in [-0.4, -0.2) is 44.8 Å². The Hall–Kier alpha value is -1.92. The van der Waals surface area contributed by atoms with Crippen molar-refractivity contribution >= 4 is 17.6 Å². The SMILES string of the molecule is COC(=O)c1cccc(NC(=O)C2COCCN2)c1C. The van der Waals surface area contributed by atoms with Crippen LogP contribution in [0.2, 0.25) is 0 Å². The van der Waals surface area contributed by atoms with Crippen molar-refractivity contribution in [2.75, 3.05) is 32.2 Å². The van der Waals surface area contributed by atoms with Crippen molar-refractivity contribution < 1.29 is 19.1 Å². The molecule has 1 saturated heterocycles. The van der Waals surface area contributed by atoms with Gasteiger partial charge < -0.3 is 20.1 Å². The summed E-state index contributed by atoms with van der Waals surface area (Å²) in [5.74, 6) is -0.590. The number of esters is 1. The fraction of sp³-hybridized carbons (Fsp3) is 0.429. The molecule has 1 aliphatic rings. The molecule has 1 unspecified atom stereocenters. The van der Waals surface area contributed by atoms with Crippen molar-refractivity contribution in [1.29, 1.82) is 0 Å². The minimum atomic E-state index is -0.419. The predicted molar refractivity (Wildman–Crippen MR) is 73.8 cm³/mol. The molecule has 1 aliphatic heterocycles. The zero-order valence-corrected chi connectivity index (χ0v) is 11.6. The second kappa shape index (κ2) is 6.49. The van der Waals surface area contributed by atoms with Gasteiger partial charge in [0.15, 0.2) is 0 Å². The molecule has 6 nitrogen and oxygen atoms in total. The van der Waals surface area contributed by atoms with E-state index in [1.165, 1.54) is 7.11 Å². The Kier molecular flexibility index (Phi) is 4.70. The summed E-state index contributed by atoms with van der Waals surface area (Å²) in [4.78, 5) is 23.7. The largest absolute Gasteiger partial charge is 0.465 e. The molecule has 0 radical (unpaired) electrons. The zero-order valence-electron chi connectivity index (χ0n) is 11.6. The van der Waals surface area contributed by atoms with Gasteiger partial charge in [0.05, 0.1) is 25.9 Å². The van der Waals surface area contributed by atoms with E-state index < -0.39 is 5.97 Å². The number of morpholine rings is 1. The Morgan fingerprint density at radius 1 is 1.45 bits per heavy atom. The normalized spacial score (nSPS) is 18.4. The number of amides is 1. The summed E-state index contributed by atoms with van der Waals surface area (Å²) in [6.07, 6.45) is 0. The Morgan fingerprint density at radius 3 is 2.90 bits per heavy atom. The molecule has 1 heterocycles. The first kappa shape index (κ1) is 14.5. The van der Waals surface area contributed by atoms with Crippen molar-refractivity contribution in [3.8, 4) is 0 Å². The topological polar surface area (TPSA) is 76.7 Å². The van der Waals surface area contributed by atoms with E-state index in [2.05, 4.69) is 10.6 Å². The molecule has 20 heavy (non-hydrogen) atoms. The fourth-order valence-corrected chi connectivity index (χ4v) is 2.06. The molecular formula is C14H18N2O4. The molecule has 0 bridgehead atoms. The molecule has 0 aliphatic carbocycles. The lowest BCUT2D eigenvalue weighted by atomic mass is 10.1. The van der Waals surface area contributed by atoms with Crippen LogP contribution in [0.3, 0.4) is 0 Å². The van der Waals surface area contributed by atoms with Crippen molar-refractivity contribution in [3.63, 3.8) is 0 Å². The lowest BCUT2D eigenvalue weighted by molar-refractivity contribution is -0.120. The third-order valence-electron chi connectivity index (χ3n) is 3.24. The molecule has 1 aromatic rings. The van der Waals surface area contributed by atoms with E-state index in [0.717, 1.165) is 0 Å². The Labute approximate surface area is 117 Å². The fourth-order valence-electron chi connectivity index (χ4n) is 2.06. The molecule has 1 fully saturated rings. The molecule has 108 valence electrons. The van der Waals surface area contributed by atoms with Gasteiger partial charge in [-0.2, -0.15) is 0 Å². The van der Waals surface area contributed by atoms with Crippen LogP contribution in [-0.2, 0) is 14.3 Å². The first-order valence-corrected chi connectivity index (χ1v) is 6.43. The Bertz CT molecular complexity index is 510. The second-order valence-electron chi connectivity index (χ2n) is 4.54. The van der Waals surface area contributed by atoms with Gasteiger partial charge in [-0.1, -0.05) is 6.07 Å². The highest BCUT2D eigenvalue weighted by molar-refractivity contribution is 5.98. The number of ether oxygens (including phenoxy) is 2. The van der Waals surface area contributed by atoms with Gasteiger partial charge >= 0.3 is 5.97 Å². The van der Waals surface area contributed by atoms with Gasteiger partial charge in [-0.15, -0.1) is 0 Å². The average Bonchev–Trinajstić information content (AvgIpc) is 2.49. The Balaban J connectivity index is 2.12. The summed E-state index contributed by atoms with van der Waals surface area (Å²) in [6, 6.07) is 4.76. The third-order valence-corrected chi connectivity index (χ3v) is 3.24. The van der Waals surface area contributed by atoms with Crippen LogP contribution in [0.25, 0.3) is 0 Å². The molecular weight excluding hydrogens is 260 g/mol. The highest BCUT2D eigenvalue weighted by Gasteiger charge is 2.22. The summed E-state index contributed by atoms with van der Waals surface area (Å²) >= 11 is 0. The molecule has 6 heteroatoms. The quantitative estimate of drug-likeness (QED) is 0.796. The number of anilines is 1. The van der Waals surface area contributed by atoms with Crippen LogP contribution >= 0.6 is 0 Å². The number of carbonyl (C=O) groups is 2. The molecule has 1 amide bonds. The summed E-state index contributed by atoms with van der Waals surface area (Å²) in [7, 11) is 1.33. The van der Waals surface area contributed by atoms with E-state index in [9.17, 15) is 9.59 Å². The Morgan fingerprint density at radius 2 is 2.25 bits per heavy atom. The number of methoxy groups -OCH3 is 1. The van der Waals surface area contributed by atoms with Gasteiger partial charge in [-0.25, -0.2) is 4.79 Å². The highest BCUT2D eigenvalue weighted by atomic mass is 16.5. The molecule has 0 saturated carbocycles. The van der Waals surface area contributed by atoms with Crippen LogP contribution < -0.4 is 10.6 Å². The summed E-state index contributed by atoms with van der Waals surface area (Å²) in [6.45, 7) is 3.38. The van der Waals surface area contributed by atoms with Crippen LogP contribution in [0.4, 0.5) is 5.69 Å². The van der Waals surface area contributed by atoms with Crippen molar-refractivity contribution in [2.24, 2.45) is 0 Å². The highest BCUT2D eigenvalue weighted by Crippen LogP contribution is 2.20. The summed E-state index contributed by atoms with van der Waals surface area (Å²) in [5.41, 5.74) is 1.73. The lowest BCUT2D eigenvalue weighted by Gasteiger charge is -2.23. The third kappa shape index (κ3) is 3.15. The predicted octanol–water partition coefficient (Wildman–Crippen LogP) is 0.709. The number of carbonyl (C=O) groups excluding carboxylic acids is 2. The van der Waals surface area contributed by atoms with Crippen LogP contribution in [0.15, 0.2) is 18.2 Å². The van der Waals surface area contributed by atoms with Gasteiger partial charge in [-0.3, -0.25) is 4.79 Å². The maximum atomic E-state index is 12.1. The molecule has 2 rings (SSSR count). The maximum Gasteiger partial charge on any atom is 0.338 e. The van der Waals surface area contributed by atoms with E-state index in [-0.39, 0.29) is 11.9 Å². The zero-order chi connectivity index (χ0) is 14.5. The standard InChI is InChI=1S/C14H18N2O4/c1-9-10(14(18)19-2)4-3-5-11(9)16-13(17)12-8-20-7-6-15-12/h3-5,12,15H,6-8H2,1-2H3,(H,16,17). The van der Waals surface area contributed by atoms with Crippen molar-refractivity contribution in [1.82, 2.24) is 5.32 Å². The van der Waals surface area contributed by atoms with E-state index in [1.54, 1.807) is 25.1 Å². The smallest absolute Gasteiger partial charge is 0.338 e. The summed E-state index contributed by atoms with van der Waals surface area (Å²) in [5, 5.41) is 5.89. The minimum Gasteiger partial charge on any atom is -0.465 e. The number of rotatable bonds is 3. The maximum absolute atomic E-state index is 12.1. The van der Waals surface area contributed by atoms with Crippen molar-refractivity contribution in [2.45, 2.75) is 13.0 Å². The molecule has 1 atom stereocenters. The second-order valence-corrected chi connectivity index (χ2v) is 4.54. The van der Waals surface area contributed by atoms with Crippen molar-refractivity contribution in [3.05, 3.63) is 29.3 Å².